The molecule has 0 saturated heterocycles. The Morgan fingerprint density at radius 1 is 1.03 bits per heavy atom. The lowest BCUT2D eigenvalue weighted by Crippen LogP contribution is -2.20. The van der Waals surface area contributed by atoms with Gasteiger partial charge in [0.25, 0.3) is 11.8 Å². The van der Waals surface area contributed by atoms with Crippen LogP contribution in [0.5, 0.6) is 11.5 Å². The number of carbonyl (C=O) groups excluding carboxylic acids is 2. The van der Waals surface area contributed by atoms with Gasteiger partial charge in [-0.05, 0) is 46.8 Å². The van der Waals surface area contributed by atoms with Gasteiger partial charge in [0, 0.05) is 16.6 Å². The number of nitrogens with zero attached hydrogens (tertiary/aromatic N) is 4. The van der Waals surface area contributed by atoms with Crippen LogP contribution in [0, 0.1) is 0 Å². The topological polar surface area (TPSA) is 134 Å². The van der Waals surface area contributed by atoms with Crippen LogP contribution in [0.1, 0.15) is 16.2 Å². The van der Waals surface area contributed by atoms with E-state index in [9.17, 15) is 9.59 Å². The normalized spacial score (nSPS) is 10.5. The maximum absolute atomic E-state index is 13.1. The highest BCUT2D eigenvalue weighted by molar-refractivity contribution is 7.98. The summed E-state index contributed by atoms with van der Waals surface area (Å²) >= 11 is 1.45. The third kappa shape index (κ3) is 5.95. The highest BCUT2D eigenvalue weighted by Gasteiger charge is 2.16. The predicted octanol–water partition coefficient (Wildman–Crippen LogP) is 3.08. The number of hydrogen-bond donors (Lipinski definition) is 2. The first kappa shape index (κ1) is 23.8. The fourth-order valence-electron chi connectivity index (χ4n) is 3.20. The molecule has 178 valence electrons. The van der Waals surface area contributed by atoms with Gasteiger partial charge in [0.1, 0.15) is 0 Å². The molecule has 10 nitrogen and oxygen atoms in total. The van der Waals surface area contributed by atoms with Crippen LogP contribution < -0.4 is 20.5 Å². The Bertz CT molecular complexity index is 1330. The molecule has 0 spiro atoms. The molecule has 2 amide bonds. The first-order chi connectivity index (χ1) is 17.0. The molecule has 0 aliphatic rings. The summed E-state index contributed by atoms with van der Waals surface area (Å²) in [5, 5.41) is 14.9. The van der Waals surface area contributed by atoms with Crippen molar-refractivity contribution in [3.8, 4) is 17.2 Å². The van der Waals surface area contributed by atoms with Crippen molar-refractivity contribution in [1.29, 1.82) is 0 Å². The number of benzene rings is 3. The van der Waals surface area contributed by atoms with Crippen molar-refractivity contribution in [2.45, 2.75) is 10.6 Å². The van der Waals surface area contributed by atoms with E-state index >= 15 is 0 Å². The van der Waals surface area contributed by atoms with Crippen LogP contribution in [-0.4, -0.2) is 45.7 Å². The lowest BCUT2D eigenvalue weighted by molar-refractivity contribution is -0.119. The fraction of sp³-hybridized carbons (Fsp3) is 0.125. The fourth-order valence-corrected chi connectivity index (χ4v) is 4.16. The van der Waals surface area contributed by atoms with E-state index in [0.717, 1.165) is 10.6 Å². The van der Waals surface area contributed by atoms with Crippen molar-refractivity contribution in [1.82, 2.24) is 20.2 Å². The molecule has 1 aromatic heterocycles. The second-order valence-corrected chi connectivity index (χ2v) is 8.22. The Hall–Kier alpha value is -4.38. The van der Waals surface area contributed by atoms with E-state index in [1.54, 1.807) is 35.0 Å². The zero-order valence-corrected chi connectivity index (χ0v) is 19.6. The quantitative estimate of drug-likeness (QED) is 0.324. The second-order valence-electron chi connectivity index (χ2n) is 7.20. The van der Waals surface area contributed by atoms with E-state index in [2.05, 4.69) is 20.8 Å². The molecule has 35 heavy (non-hydrogen) atoms. The predicted molar refractivity (Wildman–Crippen MR) is 131 cm³/mol. The van der Waals surface area contributed by atoms with Crippen molar-refractivity contribution in [3.63, 3.8) is 0 Å². The number of para-hydroxylation sites is 1. The zero-order valence-electron chi connectivity index (χ0n) is 18.7. The minimum Gasteiger partial charge on any atom is -0.493 e. The van der Waals surface area contributed by atoms with Crippen LogP contribution in [0.25, 0.3) is 5.69 Å². The van der Waals surface area contributed by atoms with Crippen molar-refractivity contribution >= 4 is 29.3 Å². The molecule has 0 fully saturated rings. The van der Waals surface area contributed by atoms with Crippen LogP contribution >= 0.6 is 11.8 Å². The molecule has 1 heterocycles. The molecule has 11 heteroatoms. The monoisotopic (exact) mass is 490 g/mol. The number of aromatic nitrogens is 4. The van der Waals surface area contributed by atoms with Gasteiger partial charge in [-0.2, -0.15) is 4.68 Å². The molecule has 3 N–H and O–H groups in total. The van der Waals surface area contributed by atoms with Crippen LogP contribution in [0.15, 0.2) is 77.7 Å². The van der Waals surface area contributed by atoms with Gasteiger partial charge in [-0.25, -0.2) is 0 Å². The summed E-state index contributed by atoms with van der Waals surface area (Å²) in [6.45, 7) is -0.310. The number of carbonyl (C=O) groups is 2. The van der Waals surface area contributed by atoms with E-state index in [-0.39, 0.29) is 12.5 Å². The third-order valence-corrected chi connectivity index (χ3v) is 5.88. The maximum Gasteiger partial charge on any atom is 0.256 e. The number of rotatable bonds is 10. The van der Waals surface area contributed by atoms with Crippen LogP contribution in [0.2, 0.25) is 0 Å². The second kappa shape index (κ2) is 11.2. The number of tetrazole rings is 1. The first-order valence-corrected chi connectivity index (χ1v) is 11.5. The Morgan fingerprint density at radius 3 is 2.57 bits per heavy atom. The summed E-state index contributed by atoms with van der Waals surface area (Å²) in [4.78, 5) is 24.9. The summed E-state index contributed by atoms with van der Waals surface area (Å²) in [6, 6.07) is 21.7. The standard InChI is InChI=1S/C24H22N6O4S/c1-33-19-12-11-16(13-20(19)34-14-22(25)31)26-24(32)18-9-5-6-10-21(18)35-15-23-27-28-29-30(23)17-7-3-2-4-8-17/h2-13H,14-15H2,1H3,(H2,25,31)(H,26,32). The Labute approximate surface area is 205 Å². The summed E-state index contributed by atoms with van der Waals surface area (Å²) in [6.07, 6.45) is 0. The van der Waals surface area contributed by atoms with Gasteiger partial charge < -0.3 is 20.5 Å². The highest BCUT2D eigenvalue weighted by Crippen LogP contribution is 2.31. The molecule has 0 bridgehead atoms. The van der Waals surface area contributed by atoms with Gasteiger partial charge >= 0.3 is 0 Å². The Morgan fingerprint density at radius 2 is 1.80 bits per heavy atom. The number of anilines is 1. The van der Waals surface area contributed by atoms with Gasteiger partial charge in [0.05, 0.1) is 24.1 Å². The van der Waals surface area contributed by atoms with Gasteiger partial charge in [-0.15, -0.1) is 16.9 Å². The Balaban J connectivity index is 1.49. The average Bonchev–Trinajstić information content (AvgIpc) is 3.35. The number of primary amides is 1. The lowest BCUT2D eigenvalue weighted by atomic mass is 10.2. The highest BCUT2D eigenvalue weighted by atomic mass is 32.2. The van der Waals surface area contributed by atoms with Crippen LogP contribution in [0.3, 0.4) is 0 Å². The van der Waals surface area contributed by atoms with E-state index in [0.29, 0.717) is 34.3 Å². The largest absolute Gasteiger partial charge is 0.493 e. The SMILES string of the molecule is COc1ccc(NC(=O)c2ccccc2SCc2nnnn2-c2ccccc2)cc1OCC(N)=O. The summed E-state index contributed by atoms with van der Waals surface area (Å²) in [5.74, 6) is 0.894. The molecule has 4 aromatic rings. The molecular weight excluding hydrogens is 468 g/mol. The number of thioether (sulfide) groups is 1. The number of methoxy groups -OCH3 is 1. The van der Waals surface area contributed by atoms with Crippen molar-refractivity contribution in [2.75, 3.05) is 19.0 Å². The number of nitrogens with one attached hydrogen (secondary N) is 1. The number of ether oxygens (including phenoxy) is 2. The van der Waals surface area contributed by atoms with Crippen molar-refractivity contribution in [3.05, 3.63) is 84.2 Å². The van der Waals surface area contributed by atoms with E-state index in [1.807, 2.05) is 42.5 Å². The molecular formula is C24H22N6O4S. The number of hydrogen-bond acceptors (Lipinski definition) is 8. The lowest BCUT2D eigenvalue weighted by Gasteiger charge is -2.13. The molecule has 0 unspecified atom stereocenters. The summed E-state index contributed by atoms with van der Waals surface area (Å²) < 4.78 is 12.3. The van der Waals surface area contributed by atoms with Crippen molar-refractivity contribution in [2.24, 2.45) is 5.73 Å². The van der Waals surface area contributed by atoms with E-state index in [4.69, 9.17) is 15.2 Å². The molecule has 0 aliphatic carbocycles. The van der Waals surface area contributed by atoms with Crippen molar-refractivity contribution < 1.29 is 19.1 Å². The van der Waals surface area contributed by atoms with Crippen LogP contribution in [0.4, 0.5) is 5.69 Å². The van der Waals surface area contributed by atoms with E-state index in [1.165, 1.54) is 18.9 Å². The Kier molecular flexibility index (Phi) is 7.58. The first-order valence-electron chi connectivity index (χ1n) is 10.5. The zero-order chi connectivity index (χ0) is 24.6. The van der Waals surface area contributed by atoms with Gasteiger partial charge in [-0.1, -0.05) is 30.3 Å². The maximum atomic E-state index is 13.1. The number of amides is 2. The van der Waals surface area contributed by atoms with Gasteiger partial charge in [0.2, 0.25) is 0 Å². The molecule has 0 aliphatic heterocycles. The molecule has 0 atom stereocenters. The number of nitrogens with two attached hydrogens (primary N) is 1. The smallest absolute Gasteiger partial charge is 0.256 e. The minimum atomic E-state index is -0.620. The molecule has 0 saturated carbocycles. The summed E-state index contributed by atoms with van der Waals surface area (Å²) in [5.41, 5.74) is 6.98. The van der Waals surface area contributed by atoms with Crippen LogP contribution in [-0.2, 0) is 10.5 Å². The average molecular weight is 491 g/mol. The summed E-state index contributed by atoms with van der Waals surface area (Å²) in [7, 11) is 1.48. The van der Waals surface area contributed by atoms with Gasteiger partial charge in [-0.3, -0.25) is 9.59 Å². The minimum absolute atomic E-state index is 0.291. The molecule has 0 radical (unpaired) electrons. The molecule has 3 aromatic carbocycles. The third-order valence-electron chi connectivity index (χ3n) is 4.81. The van der Waals surface area contributed by atoms with E-state index < -0.39 is 5.91 Å². The molecule has 4 rings (SSSR count). The van der Waals surface area contributed by atoms with Gasteiger partial charge in [0.15, 0.2) is 23.9 Å².